The van der Waals surface area contributed by atoms with Gasteiger partial charge in [-0.15, -0.1) is 0 Å². The maximum Gasteiger partial charge on any atom is 0.0666 e. The Bertz CT molecular complexity index is 655. The predicted molar refractivity (Wildman–Crippen MR) is 87.3 cm³/mol. The lowest BCUT2D eigenvalue weighted by atomic mass is 10.00. The summed E-state index contributed by atoms with van der Waals surface area (Å²) in [6.07, 6.45) is 1.01. The molecule has 1 aliphatic carbocycles. The van der Waals surface area contributed by atoms with Gasteiger partial charge >= 0.3 is 0 Å². The van der Waals surface area contributed by atoms with Gasteiger partial charge in [-0.2, -0.15) is 0 Å². The van der Waals surface area contributed by atoms with Gasteiger partial charge in [0, 0.05) is 0 Å². The molecule has 2 heteroatoms. The molecule has 2 aromatic carbocycles. The smallest absolute Gasteiger partial charge is 0.0666 e. The fourth-order valence-electron chi connectivity index (χ4n) is 2.83. The SMILES string of the molecule is CC(C)(C)OCC(N)c1ccc2c(c1)Cc1ccccc1-2. The third-order valence-electron chi connectivity index (χ3n) is 3.94. The van der Waals surface area contributed by atoms with E-state index in [-0.39, 0.29) is 11.6 Å². The molecule has 0 spiro atoms. The molecule has 0 heterocycles. The lowest BCUT2D eigenvalue weighted by molar-refractivity contribution is -0.0102. The van der Waals surface area contributed by atoms with E-state index in [0.29, 0.717) is 6.61 Å². The molecule has 0 bridgehead atoms. The highest BCUT2D eigenvalue weighted by atomic mass is 16.5. The van der Waals surface area contributed by atoms with Crippen molar-refractivity contribution in [1.82, 2.24) is 0 Å². The van der Waals surface area contributed by atoms with Crippen molar-refractivity contribution in [3.8, 4) is 11.1 Å². The first-order chi connectivity index (χ1) is 9.94. The summed E-state index contributed by atoms with van der Waals surface area (Å²) >= 11 is 0. The predicted octanol–water partition coefficient (Wildman–Crippen LogP) is 4.07. The minimum atomic E-state index is -0.148. The van der Waals surface area contributed by atoms with Gasteiger partial charge in [0.15, 0.2) is 0 Å². The fraction of sp³-hybridized carbons (Fsp3) is 0.368. The van der Waals surface area contributed by atoms with Gasteiger partial charge in [-0.05, 0) is 55.0 Å². The highest BCUT2D eigenvalue weighted by molar-refractivity contribution is 5.76. The van der Waals surface area contributed by atoms with E-state index < -0.39 is 0 Å². The summed E-state index contributed by atoms with van der Waals surface area (Å²) in [5.41, 5.74) is 12.8. The van der Waals surface area contributed by atoms with Crippen molar-refractivity contribution in [2.75, 3.05) is 6.61 Å². The topological polar surface area (TPSA) is 35.2 Å². The number of hydrogen-bond acceptors (Lipinski definition) is 2. The molecular formula is C19H23NO. The molecule has 0 aromatic heterocycles. The second-order valence-electron chi connectivity index (χ2n) is 6.78. The van der Waals surface area contributed by atoms with Gasteiger partial charge in [-0.3, -0.25) is 0 Å². The molecule has 1 unspecified atom stereocenters. The Balaban J connectivity index is 1.81. The van der Waals surface area contributed by atoms with E-state index in [2.05, 4.69) is 63.2 Å². The van der Waals surface area contributed by atoms with Crippen LogP contribution in [0, 0.1) is 0 Å². The molecule has 110 valence electrons. The third-order valence-corrected chi connectivity index (χ3v) is 3.94. The summed E-state index contributed by atoms with van der Waals surface area (Å²) in [6.45, 7) is 6.71. The monoisotopic (exact) mass is 281 g/mol. The van der Waals surface area contributed by atoms with Gasteiger partial charge < -0.3 is 10.5 Å². The van der Waals surface area contributed by atoms with Crippen LogP contribution in [0.3, 0.4) is 0 Å². The van der Waals surface area contributed by atoms with Crippen LogP contribution in [0.4, 0.5) is 0 Å². The van der Waals surface area contributed by atoms with Crippen molar-refractivity contribution >= 4 is 0 Å². The van der Waals surface area contributed by atoms with E-state index in [0.717, 1.165) is 12.0 Å². The number of hydrogen-bond donors (Lipinski definition) is 1. The summed E-state index contributed by atoms with van der Waals surface area (Å²) in [4.78, 5) is 0. The van der Waals surface area contributed by atoms with Crippen LogP contribution in [0.25, 0.3) is 11.1 Å². The quantitative estimate of drug-likeness (QED) is 0.785. The summed E-state index contributed by atoms with van der Waals surface area (Å²) < 4.78 is 5.80. The summed E-state index contributed by atoms with van der Waals surface area (Å²) in [7, 11) is 0. The molecule has 0 radical (unpaired) electrons. The van der Waals surface area contributed by atoms with Gasteiger partial charge in [0.1, 0.15) is 0 Å². The van der Waals surface area contributed by atoms with E-state index in [1.807, 2.05) is 0 Å². The van der Waals surface area contributed by atoms with Gasteiger partial charge in [-0.1, -0.05) is 42.5 Å². The molecule has 0 fully saturated rings. The van der Waals surface area contributed by atoms with Gasteiger partial charge in [0.05, 0.1) is 18.2 Å². The minimum Gasteiger partial charge on any atom is -0.374 e. The Morgan fingerprint density at radius 1 is 1.05 bits per heavy atom. The van der Waals surface area contributed by atoms with Crippen LogP contribution in [-0.4, -0.2) is 12.2 Å². The Morgan fingerprint density at radius 3 is 2.52 bits per heavy atom. The van der Waals surface area contributed by atoms with Gasteiger partial charge in [0.25, 0.3) is 0 Å². The lowest BCUT2D eigenvalue weighted by Crippen LogP contribution is -2.26. The maximum atomic E-state index is 6.28. The highest BCUT2D eigenvalue weighted by Crippen LogP contribution is 2.37. The average molecular weight is 281 g/mol. The molecule has 21 heavy (non-hydrogen) atoms. The molecule has 2 N–H and O–H groups in total. The van der Waals surface area contributed by atoms with Crippen LogP contribution >= 0.6 is 0 Å². The van der Waals surface area contributed by atoms with Crippen LogP contribution in [0.1, 0.15) is 43.5 Å². The zero-order chi connectivity index (χ0) is 15.0. The van der Waals surface area contributed by atoms with Crippen molar-refractivity contribution in [3.63, 3.8) is 0 Å². The molecule has 0 amide bonds. The first-order valence-electron chi connectivity index (χ1n) is 7.55. The van der Waals surface area contributed by atoms with Crippen LogP contribution < -0.4 is 5.73 Å². The normalized spacial score (nSPS) is 14.7. The summed E-state index contributed by atoms with van der Waals surface area (Å²) in [5, 5.41) is 0. The van der Waals surface area contributed by atoms with Crippen LogP contribution in [-0.2, 0) is 11.2 Å². The zero-order valence-corrected chi connectivity index (χ0v) is 13.0. The number of fused-ring (bicyclic) bond motifs is 3. The highest BCUT2D eigenvalue weighted by Gasteiger charge is 2.20. The van der Waals surface area contributed by atoms with E-state index in [1.165, 1.54) is 22.3 Å². The van der Waals surface area contributed by atoms with Gasteiger partial charge in [-0.25, -0.2) is 0 Å². The Hall–Kier alpha value is -1.64. The lowest BCUT2D eigenvalue weighted by Gasteiger charge is -2.23. The van der Waals surface area contributed by atoms with Gasteiger partial charge in [0.2, 0.25) is 0 Å². The molecule has 1 atom stereocenters. The minimum absolute atomic E-state index is 0.0711. The first-order valence-corrected chi connectivity index (χ1v) is 7.55. The molecule has 3 rings (SSSR count). The van der Waals surface area contributed by atoms with Crippen molar-refractivity contribution in [2.24, 2.45) is 5.73 Å². The Morgan fingerprint density at radius 2 is 1.76 bits per heavy atom. The maximum absolute atomic E-state index is 6.28. The number of rotatable bonds is 3. The largest absolute Gasteiger partial charge is 0.374 e. The van der Waals surface area contributed by atoms with E-state index in [1.54, 1.807) is 0 Å². The standard InChI is InChI=1S/C19H23NO/c1-19(2,3)21-12-18(20)14-8-9-17-15(11-14)10-13-6-4-5-7-16(13)17/h4-9,11,18H,10,12,20H2,1-3H3. The van der Waals surface area contributed by atoms with E-state index >= 15 is 0 Å². The molecule has 0 aliphatic heterocycles. The molecule has 0 saturated carbocycles. The second kappa shape index (κ2) is 5.28. The second-order valence-corrected chi connectivity index (χ2v) is 6.78. The molecule has 2 aromatic rings. The number of nitrogens with two attached hydrogens (primary N) is 1. The van der Waals surface area contributed by atoms with Crippen molar-refractivity contribution in [3.05, 3.63) is 59.2 Å². The summed E-state index contributed by atoms with van der Waals surface area (Å²) in [6, 6.07) is 15.1. The zero-order valence-electron chi connectivity index (χ0n) is 13.0. The Kier molecular flexibility index (Phi) is 3.60. The van der Waals surface area contributed by atoms with Crippen molar-refractivity contribution < 1.29 is 4.74 Å². The van der Waals surface area contributed by atoms with E-state index in [9.17, 15) is 0 Å². The van der Waals surface area contributed by atoms with Crippen molar-refractivity contribution in [1.29, 1.82) is 0 Å². The fourth-order valence-corrected chi connectivity index (χ4v) is 2.83. The summed E-state index contributed by atoms with van der Waals surface area (Å²) in [5.74, 6) is 0. The first kappa shape index (κ1) is 14.3. The van der Waals surface area contributed by atoms with E-state index in [4.69, 9.17) is 10.5 Å². The molecular weight excluding hydrogens is 258 g/mol. The number of benzene rings is 2. The molecule has 1 aliphatic rings. The Labute approximate surface area is 126 Å². The van der Waals surface area contributed by atoms with Crippen LogP contribution in [0.2, 0.25) is 0 Å². The van der Waals surface area contributed by atoms with Crippen LogP contribution in [0.15, 0.2) is 42.5 Å². The number of ether oxygens (including phenoxy) is 1. The average Bonchev–Trinajstić information content (AvgIpc) is 2.81. The third kappa shape index (κ3) is 3.02. The van der Waals surface area contributed by atoms with Crippen LogP contribution in [0.5, 0.6) is 0 Å². The van der Waals surface area contributed by atoms with Crippen molar-refractivity contribution in [2.45, 2.75) is 38.8 Å². The molecule has 0 saturated heterocycles. The molecule has 2 nitrogen and oxygen atoms in total.